The van der Waals surface area contributed by atoms with Gasteiger partial charge in [0, 0.05) is 29.3 Å². The molecule has 0 bridgehead atoms. The van der Waals surface area contributed by atoms with Gasteiger partial charge in [-0.3, -0.25) is 4.79 Å². The number of benzene rings is 1. The van der Waals surface area contributed by atoms with Crippen LogP contribution in [0.25, 0.3) is 0 Å². The van der Waals surface area contributed by atoms with E-state index in [9.17, 15) is 9.59 Å². The molecule has 5 nitrogen and oxygen atoms in total. The van der Waals surface area contributed by atoms with Crippen LogP contribution in [0, 0.1) is 0 Å². The Balaban J connectivity index is 2.00. The Bertz CT molecular complexity index is 545. The number of carboxylic acids is 1. The second kappa shape index (κ2) is 6.39. The first kappa shape index (κ1) is 15.7. The van der Waals surface area contributed by atoms with E-state index in [-0.39, 0.29) is 17.2 Å². The maximum atomic E-state index is 12.3. The number of nitrogens with zero attached hydrogens (tertiary/aromatic N) is 1. The minimum absolute atomic E-state index is 0.0445. The molecular formula is C15H20N2O3S. The Kier molecular flexibility index (Phi) is 4.77. The van der Waals surface area contributed by atoms with E-state index in [1.165, 1.54) is 0 Å². The highest BCUT2D eigenvalue weighted by Gasteiger charge is 2.29. The number of aliphatic carboxylic acids is 1. The van der Waals surface area contributed by atoms with E-state index >= 15 is 0 Å². The van der Waals surface area contributed by atoms with E-state index in [0.29, 0.717) is 17.8 Å². The summed E-state index contributed by atoms with van der Waals surface area (Å²) in [6.07, 6.45) is -0.0445. The standard InChI is InChI=1S/C15H20N2O3S/c1-15(2)10-17(6-7-21-15)14(20)16-12-5-3-4-11(8-12)9-13(18)19/h3-5,8H,6-7,9-10H2,1-2H3,(H,16,20)(H,18,19). The van der Waals surface area contributed by atoms with E-state index in [2.05, 4.69) is 19.2 Å². The minimum Gasteiger partial charge on any atom is -0.481 e. The van der Waals surface area contributed by atoms with Crippen LogP contribution < -0.4 is 5.32 Å². The molecule has 21 heavy (non-hydrogen) atoms. The van der Waals surface area contributed by atoms with Gasteiger partial charge in [-0.25, -0.2) is 4.79 Å². The molecule has 1 saturated heterocycles. The molecule has 1 heterocycles. The van der Waals surface area contributed by atoms with E-state index in [1.54, 1.807) is 29.2 Å². The Labute approximate surface area is 128 Å². The van der Waals surface area contributed by atoms with Crippen molar-refractivity contribution in [1.29, 1.82) is 0 Å². The van der Waals surface area contributed by atoms with Crippen LogP contribution >= 0.6 is 11.8 Å². The number of carboxylic acid groups (broad SMARTS) is 1. The number of anilines is 1. The SMILES string of the molecule is CC1(C)CN(C(=O)Nc2cccc(CC(=O)O)c2)CCS1. The third-order valence-electron chi connectivity index (χ3n) is 3.25. The summed E-state index contributed by atoms with van der Waals surface area (Å²) in [6, 6.07) is 6.84. The number of urea groups is 1. The molecule has 2 rings (SSSR count). The molecule has 1 aromatic rings. The van der Waals surface area contributed by atoms with Gasteiger partial charge in [-0.1, -0.05) is 12.1 Å². The molecule has 2 amide bonds. The zero-order valence-corrected chi connectivity index (χ0v) is 13.1. The number of hydrogen-bond donors (Lipinski definition) is 2. The van der Waals surface area contributed by atoms with Crippen LogP contribution in [-0.4, -0.2) is 45.6 Å². The van der Waals surface area contributed by atoms with E-state index < -0.39 is 5.97 Å². The lowest BCUT2D eigenvalue weighted by Crippen LogP contribution is -2.47. The molecule has 0 spiro atoms. The predicted molar refractivity (Wildman–Crippen MR) is 84.9 cm³/mol. The monoisotopic (exact) mass is 308 g/mol. The Morgan fingerprint density at radius 2 is 2.19 bits per heavy atom. The molecule has 0 aliphatic carbocycles. The number of carbonyl (C=O) groups is 2. The van der Waals surface area contributed by atoms with Gasteiger partial charge in [-0.05, 0) is 31.5 Å². The first-order valence-electron chi connectivity index (χ1n) is 6.86. The van der Waals surface area contributed by atoms with Crippen molar-refractivity contribution in [2.45, 2.75) is 25.0 Å². The lowest BCUT2D eigenvalue weighted by atomic mass is 10.1. The predicted octanol–water partition coefficient (Wildman–Crippen LogP) is 2.67. The number of hydrogen-bond acceptors (Lipinski definition) is 3. The minimum atomic E-state index is -0.881. The van der Waals surface area contributed by atoms with Gasteiger partial charge < -0.3 is 15.3 Å². The third-order valence-corrected chi connectivity index (χ3v) is 4.54. The molecule has 0 saturated carbocycles. The summed E-state index contributed by atoms with van der Waals surface area (Å²) in [7, 11) is 0. The summed E-state index contributed by atoms with van der Waals surface area (Å²) in [5.74, 6) is 0.0488. The summed E-state index contributed by atoms with van der Waals surface area (Å²) in [5, 5.41) is 11.7. The van der Waals surface area contributed by atoms with Crippen LogP contribution in [0.1, 0.15) is 19.4 Å². The highest BCUT2D eigenvalue weighted by Crippen LogP contribution is 2.29. The fourth-order valence-electron chi connectivity index (χ4n) is 2.33. The Morgan fingerprint density at radius 3 is 2.86 bits per heavy atom. The summed E-state index contributed by atoms with van der Waals surface area (Å²) in [5.41, 5.74) is 1.31. The van der Waals surface area contributed by atoms with Crippen molar-refractivity contribution in [3.05, 3.63) is 29.8 Å². The van der Waals surface area contributed by atoms with Crippen molar-refractivity contribution in [3.63, 3.8) is 0 Å². The van der Waals surface area contributed by atoms with Gasteiger partial charge in [0.1, 0.15) is 0 Å². The molecular weight excluding hydrogens is 288 g/mol. The zero-order valence-electron chi connectivity index (χ0n) is 12.3. The molecule has 1 aliphatic heterocycles. The van der Waals surface area contributed by atoms with Gasteiger partial charge in [0.2, 0.25) is 0 Å². The van der Waals surface area contributed by atoms with E-state index in [0.717, 1.165) is 12.3 Å². The zero-order chi connectivity index (χ0) is 15.5. The van der Waals surface area contributed by atoms with Gasteiger partial charge in [-0.2, -0.15) is 11.8 Å². The van der Waals surface area contributed by atoms with Gasteiger partial charge >= 0.3 is 12.0 Å². The van der Waals surface area contributed by atoms with Crippen molar-refractivity contribution in [1.82, 2.24) is 4.90 Å². The molecule has 2 N–H and O–H groups in total. The molecule has 0 unspecified atom stereocenters. The van der Waals surface area contributed by atoms with Crippen LogP contribution in [0.3, 0.4) is 0 Å². The quantitative estimate of drug-likeness (QED) is 0.900. The normalized spacial score (nSPS) is 17.3. The largest absolute Gasteiger partial charge is 0.481 e. The number of rotatable bonds is 3. The van der Waals surface area contributed by atoms with Crippen molar-refractivity contribution >= 4 is 29.4 Å². The van der Waals surface area contributed by atoms with Crippen molar-refractivity contribution in [2.24, 2.45) is 0 Å². The third kappa shape index (κ3) is 4.67. The molecule has 1 aliphatic rings. The molecule has 1 fully saturated rings. The average molecular weight is 308 g/mol. The van der Waals surface area contributed by atoms with Crippen molar-refractivity contribution in [2.75, 3.05) is 24.2 Å². The second-order valence-corrected chi connectivity index (χ2v) is 7.53. The Morgan fingerprint density at radius 1 is 1.43 bits per heavy atom. The highest BCUT2D eigenvalue weighted by molar-refractivity contribution is 8.00. The van der Waals surface area contributed by atoms with E-state index in [1.807, 2.05) is 11.8 Å². The van der Waals surface area contributed by atoms with Crippen LogP contribution in [0.4, 0.5) is 10.5 Å². The van der Waals surface area contributed by atoms with Crippen LogP contribution in [-0.2, 0) is 11.2 Å². The van der Waals surface area contributed by atoms with Crippen molar-refractivity contribution in [3.8, 4) is 0 Å². The molecule has 0 radical (unpaired) electrons. The summed E-state index contributed by atoms with van der Waals surface area (Å²) in [4.78, 5) is 24.8. The Hall–Kier alpha value is -1.69. The van der Waals surface area contributed by atoms with E-state index in [4.69, 9.17) is 5.11 Å². The highest BCUT2D eigenvalue weighted by atomic mass is 32.2. The molecule has 114 valence electrons. The molecule has 0 atom stereocenters. The average Bonchev–Trinajstić information content (AvgIpc) is 2.37. The maximum absolute atomic E-state index is 12.3. The number of carbonyl (C=O) groups excluding carboxylic acids is 1. The summed E-state index contributed by atoms with van der Waals surface area (Å²) >= 11 is 1.87. The van der Waals surface area contributed by atoms with Crippen LogP contribution in [0.15, 0.2) is 24.3 Å². The second-order valence-electron chi connectivity index (χ2n) is 5.73. The number of amides is 2. The molecule has 6 heteroatoms. The first-order valence-corrected chi connectivity index (χ1v) is 7.85. The van der Waals surface area contributed by atoms with Gasteiger partial charge in [0.05, 0.1) is 6.42 Å². The lowest BCUT2D eigenvalue weighted by molar-refractivity contribution is -0.136. The fraction of sp³-hybridized carbons (Fsp3) is 0.467. The van der Waals surface area contributed by atoms with Crippen LogP contribution in [0.5, 0.6) is 0 Å². The van der Waals surface area contributed by atoms with Gasteiger partial charge in [0.25, 0.3) is 0 Å². The number of nitrogens with one attached hydrogen (secondary N) is 1. The number of thioether (sulfide) groups is 1. The topological polar surface area (TPSA) is 69.6 Å². The van der Waals surface area contributed by atoms with Gasteiger partial charge in [0.15, 0.2) is 0 Å². The van der Waals surface area contributed by atoms with Crippen LogP contribution in [0.2, 0.25) is 0 Å². The fourth-order valence-corrected chi connectivity index (χ4v) is 3.44. The lowest BCUT2D eigenvalue weighted by Gasteiger charge is -2.37. The summed E-state index contributed by atoms with van der Waals surface area (Å²) in [6.45, 7) is 5.70. The first-order chi connectivity index (χ1) is 9.85. The molecule has 0 aromatic heterocycles. The summed E-state index contributed by atoms with van der Waals surface area (Å²) < 4.78 is 0.0702. The molecule has 1 aromatic carbocycles. The maximum Gasteiger partial charge on any atom is 0.321 e. The van der Waals surface area contributed by atoms with Gasteiger partial charge in [-0.15, -0.1) is 0 Å². The smallest absolute Gasteiger partial charge is 0.321 e. The van der Waals surface area contributed by atoms with Crippen molar-refractivity contribution < 1.29 is 14.7 Å².